The van der Waals surface area contributed by atoms with E-state index >= 15 is 0 Å². The Balaban J connectivity index is 1.46. The van der Waals surface area contributed by atoms with Crippen molar-refractivity contribution in [2.75, 3.05) is 16.2 Å². The predicted molar refractivity (Wildman–Crippen MR) is 118 cm³/mol. The molecule has 0 spiro atoms. The van der Waals surface area contributed by atoms with Crippen LogP contribution in [0.5, 0.6) is 5.75 Å². The van der Waals surface area contributed by atoms with Crippen molar-refractivity contribution in [3.05, 3.63) is 78.5 Å². The van der Waals surface area contributed by atoms with Crippen molar-refractivity contribution in [3.8, 4) is 5.75 Å². The van der Waals surface area contributed by atoms with Crippen LogP contribution in [0, 0.1) is 0 Å². The van der Waals surface area contributed by atoms with E-state index in [4.69, 9.17) is 0 Å². The lowest BCUT2D eigenvalue weighted by Gasteiger charge is -2.18. The Kier molecular flexibility index (Phi) is 6.35. The lowest BCUT2D eigenvalue weighted by atomic mass is 10.2. The molecule has 1 aromatic heterocycles. The van der Waals surface area contributed by atoms with Gasteiger partial charge in [0.2, 0.25) is 0 Å². The molecule has 182 valence electrons. The Labute approximate surface area is 197 Å². The molecule has 2 aromatic carbocycles. The molecule has 2 heterocycles. The van der Waals surface area contributed by atoms with E-state index in [9.17, 15) is 31.2 Å². The molecule has 1 N–H and O–H groups in total. The fraction of sp³-hybridized carbons (Fsp3) is 0.136. The van der Waals surface area contributed by atoms with Crippen molar-refractivity contribution in [1.82, 2.24) is 9.88 Å². The fourth-order valence-electron chi connectivity index (χ4n) is 3.37. The second-order valence-corrected chi connectivity index (χ2v) is 9.06. The number of aromatic nitrogens is 1. The maximum absolute atomic E-state index is 12.8. The van der Waals surface area contributed by atoms with Gasteiger partial charge in [0.05, 0.1) is 10.6 Å². The van der Waals surface area contributed by atoms with E-state index in [2.05, 4.69) is 14.4 Å². The molecule has 0 unspecified atom stereocenters. The molecule has 35 heavy (non-hydrogen) atoms. The highest BCUT2D eigenvalue weighted by atomic mass is 32.2. The van der Waals surface area contributed by atoms with E-state index in [-0.39, 0.29) is 29.5 Å². The molecule has 1 fully saturated rings. The average molecular weight is 506 g/mol. The van der Waals surface area contributed by atoms with Gasteiger partial charge < -0.3 is 9.64 Å². The minimum atomic E-state index is -4.86. The third kappa shape index (κ3) is 5.69. The summed E-state index contributed by atoms with van der Waals surface area (Å²) in [5.74, 6) is -1.03. The topological polar surface area (TPSA) is 109 Å². The van der Waals surface area contributed by atoms with E-state index in [1.165, 1.54) is 41.4 Å². The first kappa shape index (κ1) is 24.0. The van der Waals surface area contributed by atoms with Gasteiger partial charge in [0.1, 0.15) is 18.1 Å². The number of pyridine rings is 1. The fourth-order valence-corrected chi connectivity index (χ4v) is 4.39. The SMILES string of the molecule is O=C1CN(Cc2ccnc(NS(=O)(=O)c3ccccc3)c2)C(=O)N1c1ccc(OC(F)(F)F)cc1. The zero-order valence-electron chi connectivity index (χ0n) is 17.8. The quantitative estimate of drug-likeness (QED) is 0.489. The number of hydrogen-bond acceptors (Lipinski definition) is 6. The summed E-state index contributed by atoms with van der Waals surface area (Å²) in [4.78, 5) is 31.4. The minimum absolute atomic E-state index is 0.0288. The number of ether oxygens (including phenoxy) is 1. The van der Waals surface area contributed by atoms with E-state index in [0.717, 1.165) is 17.0 Å². The first-order chi connectivity index (χ1) is 16.5. The van der Waals surface area contributed by atoms with E-state index in [1.54, 1.807) is 24.3 Å². The smallest absolute Gasteiger partial charge is 0.406 e. The summed E-state index contributed by atoms with van der Waals surface area (Å²) in [6.07, 6.45) is -3.51. The summed E-state index contributed by atoms with van der Waals surface area (Å²) < 4.78 is 68.2. The van der Waals surface area contributed by atoms with E-state index < -0.39 is 34.1 Å². The van der Waals surface area contributed by atoms with Crippen LogP contribution in [-0.2, 0) is 21.4 Å². The molecule has 0 radical (unpaired) electrons. The van der Waals surface area contributed by atoms with Gasteiger partial charge in [-0.25, -0.2) is 23.1 Å². The molecule has 0 saturated carbocycles. The van der Waals surface area contributed by atoms with Crippen LogP contribution in [0.4, 0.5) is 29.5 Å². The average Bonchev–Trinajstić information content (AvgIpc) is 3.06. The summed E-state index contributed by atoms with van der Waals surface area (Å²) in [5, 5.41) is 0. The molecule has 0 aliphatic carbocycles. The van der Waals surface area contributed by atoms with Gasteiger partial charge in [-0.1, -0.05) is 18.2 Å². The van der Waals surface area contributed by atoms with Crippen LogP contribution in [0.25, 0.3) is 0 Å². The van der Waals surface area contributed by atoms with Crippen molar-refractivity contribution >= 4 is 33.5 Å². The predicted octanol–water partition coefficient (Wildman–Crippen LogP) is 3.75. The molecule has 0 bridgehead atoms. The van der Waals surface area contributed by atoms with Crippen LogP contribution in [0.3, 0.4) is 0 Å². The second-order valence-electron chi connectivity index (χ2n) is 7.38. The molecular formula is C22H17F3N4O5S. The molecule has 9 nitrogen and oxygen atoms in total. The molecule has 1 aliphatic heterocycles. The number of urea groups is 1. The number of amides is 3. The Bertz CT molecular complexity index is 1350. The number of halogens is 3. The van der Waals surface area contributed by atoms with Gasteiger partial charge in [-0.3, -0.25) is 9.52 Å². The Hall–Kier alpha value is -4.13. The number of carbonyl (C=O) groups is 2. The molecule has 1 saturated heterocycles. The van der Waals surface area contributed by atoms with Crippen LogP contribution in [0.15, 0.2) is 77.8 Å². The zero-order valence-corrected chi connectivity index (χ0v) is 18.6. The summed E-state index contributed by atoms with van der Waals surface area (Å²) >= 11 is 0. The standard InChI is InChI=1S/C22H17F3N4O5S/c23-22(24,25)34-17-8-6-16(7-9-17)29-20(30)14-28(21(29)31)13-15-10-11-26-19(12-15)27-35(32,33)18-4-2-1-3-5-18/h1-12H,13-14H2,(H,26,27). The van der Waals surface area contributed by atoms with Crippen molar-refractivity contribution in [2.24, 2.45) is 0 Å². The third-order valence-electron chi connectivity index (χ3n) is 4.86. The van der Waals surface area contributed by atoms with Crippen LogP contribution >= 0.6 is 0 Å². The molecule has 3 aromatic rings. The molecule has 1 aliphatic rings. The van der Waals surface area contributed by atoms with Gasteiger partial charge in [0.15, 0.2) is 0 Å². The number of nitrogens with one attached hydrogen (secondary N) is 1. The zero-order chi connectivity index (χ0) is 25.2. The van der Waals surface area contributed by atoms with Crippen molar-refractivity contribution in [1.29, 1.82) is 0 Å². The van der Waals surface area contributed by atoms with Gasteiger partial charge >= 0.3 is 12.4 Å². The summed E-state index contributed by atoms with van der Waals surface area (Å²) in [6.45, 7) is -0.300. The number of hydrogen-bond donors (Lipinski definition) is 1. The Morgan fingerprint density at radius 3 is 2.34 bits per heavy atom. The van der Waals surface area contributed by atoms with Crippen LogP contribution < -0.4 is 14.4 Å². The molecule has 4 rings (SSSR count). The van der Waals surface area contributed by atoms with Crippen molar-refractivity contribution < 1.29 is 35.9 Å². The van der Waals surface area contributed by atoms with Gasteiger partial charge in [0, 0.05) is 12.7 Å². The molecule has 0 atom stereocenters. The van der Waals surface area contributed by atoms with Crippen molar-refractivity contribution in [3.63, 3.8) is 0 Å². The monoisotopic (exact) mass is 506 g/mol. The number of rotatable bonds is 7. The number of benzene rings is 2. The maximum atomic E-state index is 12.8. The summed E-state index contributed by atoms with van der Waals surface area (Å²) in [5.41, 5.74) is 0.589. The van der Waals surface area contributed by atoms with Crippen LogP contribution in [-0.4, -0.2) is 43.1 Å². The number of anilines is 2. The summed E-state index contributed by atoms with van der Waals surface area (Å²) in [6, 6.07) is 14.4. The van der Waals surface area contributed by atoms with Gasteiger partial charge in [-0.15, -0.1) is 13.2 Å². The highest BCUT2D eigenvalue weighted by Gasteiger charge is 2.37. The Morgan fingerprint density at radius 2 is 1.69 bits per heavy atom. The normalized spacial score (nSPS) is 14.4. The molecule has 3 amide bonds. The lowest BCUT2D eigenvalue weighted by molar-refractivity contribution is -0.274. The highest BCUT2D eigenvalue weighted by Crippen LogP contribution is 2.28. The summed E-state index contributed by atoms with van der Waals surface area (Å²) in [7, 11) is -3.87. The van der Waals surface area contributed by atoms with E-state index in [1.807, 2.05) is 0 Å². The lowest BCUT2D eigenvalue weighted by Crippen LogP contribution is -2.32. The highest BCUT2D eigenvalue weighted by molar-refractivity contribution is 7.92. The van der Waals surface area contributed by atoms with Crippen molar-refractivity contribution in [2.45, 2.75) is 17.8 Å². The van der Waals surface area contributed by atoms with E-state index in [0.29, 0.717) is 5.56 Å². The Morgan fingerprint density at radius 1 is 1.00 bits per heavy atom. The number of alkyl halides is 3. The number of carbonyl (C=O) groups excluding carboxylic acids is 2. The molecule has 13 heteroatoms. The van der Waals surface area contributed by atoms with Gasteiger partial charge in [-0.05, 0) is 54.1 Å². The number of nitrogens with zero attached hydrogens (tertiary/aromatic N) is 3. The maximum Gasteiger partial charge on any atom is 0.573 e. The van der Waals surface area contributed by atoms with Crippen LogP contribution in [0.1, 0.15) is 5.56 Å². The number of imide groups is 1. The van der Waals surface area contributed by atoms with Crippen LogP contribution in [0.2, 0.25) is 0 Å². The molecular weight excluding hydrogens is 489 g/mol. The van der Waals surface area contributed by atoms with Gasteiger partial charge in [0.25, 0.3) is 15.9 Å². The first-order valence-electron chi connectivity index (χ1n) is 10.0. The third-order valence-corrected chi connectivity index (χ3v) is 6.23. The first-order valence-corrected chi connectivity index (χ1v) is 11.5. The number of sulfonamides is 1. The minimum Gasteiger partial charge on any atom is -0.406 e. The van der Waals surface area contributed by atoms with Gasteiger partial charge in [-0.2, -0.15) is 0 Å². The second kappa shape index (κ2) is 9.25. The largest absolute Gasteiger partial charge is 0.573 e.